The third kappa shape index (κ3) is 5.76. The van der Waals surface area contributed by atoms with Gasteiger partial charge in [0, 0.05) is 0 Å². The molecule has 3 nitrogen and oxygen atoms in total. The van der Waals surface area contributed by atoms with Crippen LogP contribution in [-0.4, -0.2) is 35.7 Å². The Morgan fingerprint density at radius 3 is 2.07 bits per heavy atom. The number of carbonyl (C=O) groups is 1. The first kappa shape index (κ1) is 23.5. The zero-order valence-electron chi connectivity index (χ0n) is 17.8. The number of thiocarbonyl (C=S) groups is 1. The van der Waals surface area contributed by atoms with Crippen molar-refractivity contribution in [3.8, 4) is 0 Å². The van der Waals surface area contributed by atoms with Gasteiger partial charge in [-0.2, -0.15) is 0 Å². The maximum absolute atomic E-state index is 12.7. The number of benzene rings is 2. The molecule has 1 saturated heterocycles. The molecule has 30 heavy (non-hydrogen) atoms. The Bertz CT molecular complexity index is 818. The summed E-state index contributed by atoms with van der Waals surface area (Å²) >= 11 is 8.71. The molecule has 0 saturated carbocycles. The second kappa shape index (κ2) is 10.5. The van der Waals surface area contributed by atoms with E-state index in [9.17, 15) is 4.79 Å². The lowest BCUT2D eigenvalue weighted by Crippen LogP contribution is -2.65. The zero-order chi connectivity index (χ0) is 21.7. The maximum Gasteiger partial charge on any atom is 0.283 e. The van der Waals surface area contributed by atoms with E-state index in [1.807, 2.05) is 36.4 Å². The Hall–Kier alpha value is -1.12. The van der Waals surface area contributed by atoms with E-state index in [-0.39, 0.29) is 28.7 Å². The van der Waals surface area contributed by atoms with E-state index in [2.05, 4.69) is 57.3 Å². The van der Waals surface area contributed by atoms with Crippen molar-refractivity contribution in [3.05, 3.63) is 60.7 Å². The summed E-state index contributed by atoms with van der Waals surface area (Å²) in [4.78, 5) is 12.7. The summed E-state index contributed by atoms with van der Waals surface area (Å²) in [6.07, 6.45) is -0.215. The molecule has 2 aromatic carbocycles. The van der Waals surface area contributed by atoms with Crippen molar-refractivity contribution in [3.63, 3.8) is 0 Å². The number of amides is 1. The van der Waals surface area contributed by atoms with Gasteiger partial charge in [0.15, 0.2) is 0 Å². The van der Waals surface area contributed by atoms with Crippen LogP contribution in [0.2, 0.25) is 0 Å². The van der Waals surface area contributed by atoms with E-state index in [1.165, 1.54) is 10.4 Å². The van der Waals surface area contributed by atoms with Gasteiger partial charge in [0.1, 0.15) is 3.53 Å². The number of β-lactam (4-membered cyclic amide) rings is 1. The van der Waals surface area contributed by atoms with Crippen LogP contribution in [-0.2, 0) is 9.22 Å². The molecule has 159 valence electrons. The second-order valence-electron chi connectivity index (χ2n) is 8.22. The summed E-state index contributed by atoms with van der Waals surface area (Å²) in [5.41, 5.74) is -0.194. The lowest BCUT2D eigenvalue weighted by atomic mass is 9.78. The van der Waals surface area contributed by atoms with Gasteiger partial charge in [-0.3, -0.25) is 4.79 Å². The predicted octanol–water partition coefficient (Wildman–Crippen LogP) is 4.07. The zero-order valence-corrected chi connectivity index (χ0v) is 21.2. The molecule has 0 aliphatic carbocycles. The molecular formula is C23H28NO2S3Si. The average molecular weight is 475 g/mol. The molecule has 1 N–H and O–H groups in total. The highest BCUT2D eigenvalue weighted by molar-refractivity contribution is 8.47. The highest BCUT2D eigenvalue weighted by atomic mass is 32.2. The van der Waals surface area contributed by atoms with Crippen LogP contribution >= 0.6 is 35.7 Å². The Balaban J connectivity index is 1.90. The van der Waals surface area contributed by atoms with Crippen LogP contribution < -0.4 is 15.7 Å². The average Bonchev–Trinajstić information content (AvgIpc) is 2.71. The standard InChI is InChI=1S/C23H28NO2S3Si/c1-5-28-22(27)29-21-18(20(25)24-21)19(23(2,3)4)26-30(16-12-8-6-9-13-16)17-14-10-7-11-15-17/h6-15,18-19,21H,5H2,1-4H3,(H,24,25). The van der Waals surface area contributed by atoms with Crippen LogP contribution in [0.4, 0.5) is 0 Å². The number of hydrogen-bond donors (Lipinski definition) is 1. The summed E-state index contributed by atoms with van der Waals surface area (Å²) in [6.45, 7) is 8.54. The van der Waals surface area contributed by atoms with E-state index < -0.39 is 9.04 Å². The van der Waals surface area contributed by atoms with Gasteiger partial charge in [0.2, 0.25) is 5.91 Å². The minimum atomic E-state index is -1.51. The molecule has 3 atom stereocenters. The van der Waals surface area contributed by atoms with Gasteiger partial charge < -0.3 is 9.74 Å². The molecular weight excluding hydrogens is 447 g/mol. The van der Waals surface area contributed by atoms with E-state index in [0.717, 1.165) is 9.28 Å². The van der Waals surface area contributed by atoms with Gasteiger partial charge in [-0.05, 0) is 21.5 Å². The van der Waals surface area contributed by atoms with Gasteiger partial charge in [-0.1, -0.05) is 112 Å². The van der Waals surface area contributed by atoms with Crippen molar-refractivity contribution in [2.75, 3.05) is 5.75 Å². The summed E-state index contributed by atoms with van der Waals surface area (Å²) in [6, 6.07) is 20.7. The molecule has 1 aliphatic heterocycles. The van der Waals surface area contributed by atoms with Crippen molar-refractivity contribution in [1.82, 2.24) is 5.32 Å². The topological polar surface area (TPSA) is 38.3 Å². The number of nitrogens with one attached hydrogen (secondary N) is 1. The van der Waals surface area contributed by atoms with Crippen LogP contribution in [0.15, 0.2) is 60.7 Å². The third-order valence-electron chi connectivity index (χ3n) is 4.90. The van der Waals surface area contributed by atoms with Gasteiger partial charge in [-0.15, -0.1) is 11.8 Å². The molecule has 3 rings (SSSR count). The molecule has 0 bridgehead atoms. The first-order chi connectivity index (χ1) is 14.3. The number of rotatable bonds is 7. The lowest BCUT2D eigenvalue weighted by Gasteiger charge is -2.46. The quantitative estimate of drug-likeness (QED) is 0.372. The van der Waals surface area contributed by atoms with Crippen molar-refractivity contribution in [1.29, 1.82) is 0 Å². The Morgan fingerprint density at radius 1 is 1.10 bits per heavy atom. The monoisotopic (exact) mass is 474 g/mol. The SMILES string of the molecule is CCSC(=S)SC1NC(=O)C1C(O[Si](c1ccccc1)c1ccccc1)C(C)(C)C. The Labute approximate surface area is 195 Å². The number of carbonyl (C=O) groups excluding carboxylic acids is 1. The van der Waals surface area contributed by atoms with Gasteiger partial charge in [0.05, 0.1) is 17.4 Å². The van der Waals surface area contributed by atoms with Crippen molar-refractivity contribution in [2.24, 2.45) is 11.3 Å². The fraction of sp³-hybridized carbons (Fsp3) is 0.391. The van der Waals surface area contributed by atoms with E-state index in [4.69, 9.17) is 16.6 Å². The molecule has 0 spiro atoms. The second-order valence-corrected chi connectivity index (χ2v) is 13.9. The summed E-state index contributed by atoms with van der Waals surface area (Å²) in [7, 11) is -1.51. The molecule has 2 aromatic rings. The minimum Gasteiger partial charge on any atom is -0.403 e. The van der Waals surface area contributed by atoms with Crippen LogP contribution in [0.25, 0.3) is 0 Å². The van der Waals surface area contributed by atoms with Gasteiger partial charge >= 0.3 is 0 Å². The van der Waals surface area contributed by atoms with Crippen molar-refractivity contribution >= 4 is 64.6 Å². The normalized spacial score (nSPS) is 19.8. The Morgan fingerprint density at radius 2 is 1.63 bits per heavy atom. The smallest absolute Gasteiger partial charge is 0.283 e. The van der Waals surface area contributed by atoms with Crippen molar-refractivity contribution in [2.45, 2.75) is 39.2 Å². The van der Waals surface area contributed by atoms with E-state index in [1.54, 1.807) is 23.5 Å². The maximum atomic E-state index is 12.7. The van der Waals surface area contributed by atoms with E-state index >= 15 is 0 Å². The van der Waals surface area contributed by atoms with Crippen LogP contribution in [0, 0.1) is 11.3 Å². The van der Waals surface area contributed by atoms with E-state index in [0.29, 0.717) is 0 Å². The molecule has 1 aliphatic rings. The molecule has 1 heterocycles. The van der Waals surface area contributed by atoms with Crippen LogP contribution in [0.5, 0.6) is 0 Å². The molecule has 0 aromatic heterocycles. The predicted molar refractivity (Wildman–Crippen MR) is 136 cm³/mol. The number of hydrogen-bond acceptors (Lipinski definition) is 5. The molecule has 1 amide bonds. The van der Waals surface area contributed by atoms with Gasteiger partial charge in [0.25, 0.3) is 9.04 Å². The lowest BCUT2D eigenvalue weighted by molar-refractivity contribution is -0.140. The first-order valence-electron chi connectivity index (χ1n) is 10.1. The van der Waals surface area contributed by atoms with Crippen LogP contribution in [0.3, 0.4) is 0 Å². The van der Waals surface area contributed by atoms with Crippen molar-refractivity contribution < 1.29 is 9.22 Å². The highest BCUT2D eigenvalue weighted by Gasteiger charge is 2.51. The number of thioether (sulfide) groups is 2. The molecule has 7 heteroatoms. The molecule has 1 fully saturated rings. The van der Waals surface area contributed by atoms with Gasteiger partial charge in [-0.25, -0.2) is 0 Å². The Kier molecular flexibility index (Phi) is 8.21. The molecule has 1 radical (unpaired) electrons. The largest absolute Gasteiger partial charge is 0.403 e. The fourth-order valence-corrected chi connectivity index (χ4v) is 8.40. The summed E-state index contributed by atoms with van der Waals surface area (Å²) in [5.74, 6) is 0.767. The fourth-order valence-electron chi connectivity index (χ4n) is 3.42. The summed E-state index contributed by atoms with van der Waals surface area (Å²) in [5, 5.41) is 5.37. The van der Waals surface area contributed by atoms with Crippen LogP contribution in [0.1, 0.15) is 27.7 Å². The highest BCUT2D eigenvalue weighted by Crippen LogP contribution is 2.40. The first-order valence-corrected chi connectivity index (χ1v) is 13.8. The molecule has 3 unspecified atom stereocenters. The summed E-state index contributed by atoms with van der Waals surface area (Å²) < 4.78 is 7.78. The minimum absolute atomic E-state index is 0.0388. The third-order valence-corrected chi connectivity index (χ3v) is 9.77.